The molecule has 1 aliphatic carbocycles. The molecule has 0 aromatic carbocycles. The zero-order valence-corrected chi connectivity index (χ0v) is 17.0. The van der Waals surface area contributed by atoms with Gasteiger partial charge < -0.3 is 9.80 Å². The number of aryl methyl sites for hydroxylation is 1. The number of anilines is 1. The number of allylic oxidation sites excluding steroid dienone is 2. The van der Waals surface area contributed by atoms with E-state index in [0.717, 1.165) is 31.1 Å². The van der Waals surface area contributed by atoms with Crippen LogP contribution in [0.25, 0.3) is 5.57 Å². The Balaban J connectivity index is 1.86. The van der Waals surface area contributed by atoms with Crippen molar-refractivity contribution in [3.8, 4) is 0 Å². The standard InChI is InChI=1S/C21H32N4O/c1-7-17(16-8-9-16)18-15(3)22-13-23-19(18)24-10-11-25(14(2)12-24)20(26)21(4,5)6/h7,13-14,16H,8-12H2,1-6H3/b17-7-. The fourth-order valence-electron chi connectivity index (χ4n) is 3.90. The molecule has 1 unspecified atom stereocenters. The van der Waals surface area contributed by atoms with Gasteiger partial charge in [0, 0.05) is 36.7 Å². The second-order valence-corrected chi connectivity index (χ2v) is 8.72. The fraction of sp³-hybridized carbons (Fsp3) is 0.667. The average Bonchev–Trinajstić information content (AvgIpc) is 3.40. The molecular formula is C21H32N4O. The summed E-state index contributed by atoms with van der Waals surface area (Å²) in [6.07, 6.45) is 6.43. The lowest BCUT2D eigenvalue weighted by Gasteiger charge is -2.43. The van der Waals surface area contributed by atoms with Crippen LogP contribution < -0.4 is 4.90 Å². The number of hydrogen-bond acceptors (Lipinski definition) is 4. The van der Waals surface area contributed by atoms with Gasteiger partial charge in [-0.15, -0.1) is 0 Å². The first-order chi connectivity index (χ1) is 12.2. The van der Waals surface area contributed by atoms with Crippen LogP contribution in [0.3, 0.4) is 0 Å². The Morgan fingerprint density at radius 1 is 1.23 bits per heavy atom. The van der Waals surface area contributed by atoms with Crippen molar-refractivity contribution in [2.75, 3.05) is 24.5 Å². The first kappa shape index (κ1) is 18.9. The number of hydrogen-bond donors (Lipinski definition) is 0. The van der Waals surface area contributed by atoms with Crippen LogP contribution in [0.2, 0.25) is 0 Å². The average molecular weight is 357 g/mol. The molecule has 1 saturated heterocycles. The van der Waals surface area contributed by atoms with Crippen molar-refractivity contribution >= 4 is 17.3 Å². The normalized spacial score (nSPS) is 21.9. The Morgan fingerprint density at radius 2 is 1.92 bits per heavy atom. The van der Waals surface area contributed by atoms with E-state index in [4.69, 9.17) is 0 Å². The zero-order chi connectivity index (χ0) is 19.1. The molecule has 1 atom stereocenters. The van der Waals surface area contributed by atoms with E-state index >= 15 is 0 Å². The summed E-state index contributed by atoms with van der Waals surface area (Å²) in [5, 5.41) is 0. The Morgan fingerprint density at radius 3 is 2.46 bits per heavy atom. The van der Waals surface area contributed by atoms with Gasteiger partial charge in [-0.3, -0.25) is 4.79 Å². The summed E-state index contributed by atoms with van der Waals surface area (Å²) in [5.41, 5.74) is 3.31. The van der Waals surface area contributed by atoms with E-state index < -0.39 is 0 Å². The summed E-state index contributed by atoms with van der Waals surface area (Å²) in [6, 6.07) is 0.175. The third-order valence-electron chi connectivity index (χ3n) is 5.46. The minimum atomic E-state index is -0.336. The minimum Gasteiger partial charge on any atom is -0.352 e. The first-order valence-corrected chi connectivity index (χ1v) is 9.78. The molecule has 1 aromatic rings. The SMILES string of the molecule is C/C=C(\c1c(C)ncnc1N1CCN(C(=O)C(C)(C)C)C(C)C1)C1CC1. The first-order valence-electron chi connectivity index (χ1n) is 9.78. The monoisotopic (exact) mass is 356 g/mol. The molecule has 5 heteroatoms. The van der Waals surface area contributed by atoms with Crippen LogP contribution in [0.15, 0.2) is 12.4 Å². The predicted molar refractivity (Wildman–Crippen MR) is 106 cm³/mol. The summed E-state index contributed by atoms with van der Waals surface area (Å²) < 4.78 is 0. The molecule has 2 heterocycles. The summed E-state index contributed by atoms with van der Waals surface area (Å²) in [5.74, 6) is 1.92. The van der Waals surface area contributed by atoms with Crippen molar-refractivity contribution < 1.29 is 4.79 Å². The molecule has 2 aliphatic rings. The van der Waals surface area contributed by atoms with Gasteiger partial charge in [-0.25, -0.2) is 9.97 Å². The molecule has 26 heavy (non-hydrogen) atoms. The molecule has 5 nitrogen and oxygen atoms in total. The molecule has 2 fully saturated rings. The van der Waals surface area contributed by atoms with Gasteiger partial charge >= 0.3 is 0 Å². The number of carbonyl (C=O) groups excluding carboxylic acids is 1. The third-order valence-corrected chi connectivity index (χ3v) is 5.46. The third kappa shape index (κ3) is 3.62. The van der Waals surface area contributed by atoms with E-state index in [1.807, 2.05) is 25.7 Å². The highest BCUT2D eigenvalue weighted by atomic mass is 16.2. The fourth-order valence-corrected chi connectivity index (χ4v) is 3.90. The Hall–Kier alpha value is -1.91. The van der Waals surface area contributed by atoms with Crippen LogP contribution in [0.1, 0.15) is 58.7 Å². The van der Waals surface area contributed by atoms with Gasteiger partial charge in [0.05, 0.1) is 5.69 Å². The topological polar surface area (TPSA) is 49.3 Å². The maximum Gasteiger partial charge on any atom is 0.228 e. The Labute approximate surface area is 157 Å². The second-order valence-electron chi connectivity index (χ2n) is 8.72. The molecular weight excluding hydrogens is 324 g/mol. The van der Waals surface area contributed by atoms with Crippen molar-refractivity contribution in [3.63, 3.8) is 0 Å². The molecule has 1 amide bonds. The summed E-state index contributed by atoms with van der Waals surface area (Å²) in [7, 11) is 0. The van der Waals surface area contributed by atoms with Gasteiger partial charge in [-0.1, -0.05) is 26.8 Å². The van der Waals surface area contributed by atoms with Gasteiger partial charge in [-0.05, 0) is 45.1 Å². The van der Waals surface area contributed by atoms with Gasteiger partial charge in [0.2, 0.25) is 5.91 Å². The smallest absolute Gasteiger partial charge is 0.228 e. The molecule has 0 radical (unpaired) electrons. The molecule has 142 valence electrons. The number of rotatable bonds is 3. The molecule has 0 spiro atoms. The Bertz CT molecular complexity index is 715. The van der Waals surface area contributed by atoms with Crippen molar-refractivity contribution in [3.05, 3.63) is 23.7 Å². The van der Waals surface area contributed by atoms with Crippen LogP contribution in [-0.2, 0) is 4.79 Å². The largest absolute Gasteiger partial charge is 0.352 e. The highest BCUT2D eigenvalue weighted by molar-refractivity contribution is 5.82. The maximum absolute atomic E-state index is 12.7. The second kappa shape index (κ2) is 7.01. The molecule has 1 aliphatic heterocycles. The van der Waals surface area contributed by atoms with Crippen molar-refractivity contribution in [2.45, 2.75) is 60.4 Å². The van der Waals surface area contributed by atoms with Gasteiger partial charge in [0.1, 0.15) is 12.1 Å². The highest BCUT2D eigenvalue weighted by Gasteiger charge is 2.36. The van der Waals surface area contributed by atoms with E-state index in [1.54, 1.807) is 6.33 Å². The zero-order valence-electron chi connectivity index (χ0n) is 17.0. The van der Waals surface area contributed by atoms with Gasteiger partial charge in [0.15, 0.2) is 0 Å². The highest BCUT2D eigenvalue weighted by Crippen LogP contribution is 2.45. The molecule has 0 bridgehead atoms. The van der Waals surface area contributed by atoms with Crippen LogP contribution in [0.5, 0.6) is 0 Å². The number of carbonyl (C=O) groups is 1. The number of amides is 1. The lowest BCUT2D eigenvalue weighted by atomic mass is 9.93. The van der Waals surface area contributed by atoms with Crippen LogP contribution in [0, 0.1) is 18.3 Å². The van der Waals surface area contributed by atoms with Gasteiger partial charge in [0.25, 0.3) is 0 Å². The number of nitrogens with zero attached hydrogens (tertiary/aromatic N) is 4. The van der Waals surface area contributed by atoms with E-state index in [2.05, 4.69) is 41.7 Å². The van der Waals surface area contributed by atoms with Crippen LogP contribution in [0.4, 0.5) is 5.82 Å². The lowest BCUT2D eigenvalue weighted by molar-refractivity contribution is -0.142. The summed E-state index contributed by atoms with van der Waals surface area (Å²) in [6.45, 7) is 14.7. The lowest BCUT2D eigenvalue weighted by Crippen LogP contribution is -2.56. The van der Waals surface area contributed by atoms with Gasteiger partial charge in [-0.2, -0.15) is 0 Å². The van der Waals surface area contributed by atoms with E-state index in [9.17, 15) is 4.79 Å². The molecule has 1 aromatic heterocycles. The minimum absolute atomic E-state index is 0.175. The van der Waals surface area contributed by atoms with Crippen molar-refractivity contribution in [1.82, 2.24) is 14.9 Å². The van der Waals surface area contributed by atoms with E-state index in [1.165, 1.54) is 24.0 Å². The molecule has 3 rings (SSSR count). The van der Waals surface area contributed by atoms with E-state index in [-0.39, 0.29) is 17.4 Å². The van der Waals surface area contributed by atoms with Crippen LogP contribution >= 0.6 is 0 Å². The quantitative estimate of drug-likeness (QED) is 0.829. The number of aromatic nitrogens is 2. The summed E-state index contributed by atoms with van der Waals surface area (Å²) >= 11 is 0. The number of piperazine rings is 1. The van der Waals surface area contributed by atoms with Crippen molar-refractivity contribution in [2.24, 2.45) is 11.3 Å². The molecule has 1 saturated carbocycles. The predicted octanol–water partition coefficient (Wildman–Crippen LogP) is 3.68. The Kier molecular flexibility index (Phi) is 5.09. The molecule has 0 N–H and O–H groups in total. The summed E-state index contributed by atoms with van der Waals surface area (Å²) in [4.78, 5) is 26.2. The maximum atomic E-state index is 12.7. The van der Waals surface area contributed by atoms with E-state index in [0.29, 0.717) is 5.92 Å². The van der Waals surface area contributed by atoms with Crippen LogP contribution in [-0.4, -0.2) is 46.5 Å². The van der Waals surface area contributed by atoms with Crippen molar-refractivity contribution in [1.29, 1.82) is 0 Å².